The topological polar surface area (TPSA) is 32.7 Å². The van der Waals surface area contributed by atoms with Crippen molar-refractivity contribution in [3.05, 3.63) is 0 Å². The Kier molecular flexibility index (Phi) is 1.92. The summed E-state index contributed by atoms with van der Waals surface area (Å²) in [5, 5.41) is 9.05. The molecule has 0 amide bonds. The molecular weight excluding hydrogens is 178 g/mol. The fraction of sp³-hybridized carbons (Fsp3) is 1.00. The van der Waals surface area contributed by atoms with Gasteiger partial charge in [0, 0.05) is 31.7 Å². The molecule has 1 saturated carbocycles. The van der Waals surface area contributed by atoms with Crippen LogP contribution in [0.1, 0.15) is 6.92 Å². The van der Waals surface area contributed by atoms with E-state index in [0.717, 1.165) is 25.0 Å². The van der Waals surface area contributed by atoms with Crippen LogP contribution in [0.4, 0.5) is 0 Å². The fourth-order valence-corrected chi connectivity index (χ4v) is 3.22. The highest BCUT2D eigenvalue weighted by Gasteiger charge is 2.55. The third-order valence-corrected chi connectivity index (χ3v) is 4.16. The van der Waals surface area contributed by atoms with E-state index < -0.39 is 0 Å². The van der Waals surface area contributed by atoms with Gasteiger partial charge in [-0.25, -0.2) is 0 Å². The van der Waals surface area contributed by atoms with Crippen molar-refractivity contribution in [2.45, 2.75) is 6.92 Å². The van der Waals surface area contributed by atoms with E-state index in [1.54, 1.807) is 0 Å². The van der Waals surface area contributed by atoms with Crippen LogP contribution in [-0.4, -0.2) is 49.5 Å². The summed E-state index contributed by atoms with van der Waals surface area (Å²) in [7, 11) is 0. The lowest BCUT2D eigenvalue weighted by Crippen LogP contribution is -2.48. The smallest absolute Gasteiger partial charge is 0.0554 e. The highest BCUT2D eigenvalue weighted by atomic mass is 16.5. The zero-order valence-electron chi connectivity index (χ0n) is 8.78. The molecule has 3 aliphatic rings. The highest BCUT2D eigenvalue weighted by molar-refractivity contribution is 5.05. The average Bonchev–Trinajstić information content (AvgIpc) is 2.59. The number of rotatable bonds is 3. The first-order valence-corrected chi connectivity index (χ1v) is 5.63. The number of nitrogens with zero attached hydrogens (tertiary/aromatic N) is 1. The second-order valence-electron chi connectivity index (χ2n) is 5.67. The summed E-state index contributed by atoms with van der Waals surface area (Å²) in [4.78, 5) is 2.56. The largest absolute Gasteiger partial charge is 0.396 e. The third kappa shape index (κ3) is 1.30. The minimum Gasteiger partial charge on any atom is -0.396 e. The molecular formula is C11H19NO2. The molecule has 1 N–H and O–H groups in total. The summed E-state index contributed by atoms with van der Waals surface area (Å²) in [6, 6.07) is 0. The minimum absolute atomic E-state index is 0.406. The van der Waals surface area contributed by atoms with Crippen molar-refractivity contribution < 1.29 is 9.84 Å². The Morgan fingerprint density at radius 1 is 1.36 bits per heavy atom. The van der Waals surface area contributed by atoms with E-state index in [0.29, 0.717) is 17.9 Å². The number of hydrogen-bond acceptors (Lipinski definition) is 3. The molecule has 3 heteroatoms. The number of hydrogen-bond donors (Lipinski definition) is 1. The predicted molar refractivity (Wildman–Crippen MR) is 52.9 cm³/mol. The lowest BCUT2D eigenvalue weighted by atomic mass is 9.88. The monoisotopic (exact) mass is 197 g/mol. The number of likely N-dealkylation sites (tertiary alicyclic amines) is 1. The number of piperidine rings is 1. The van der Waals surface area contributed by atoms with Crippen LogP contribution in [-0.2, 0) is 4.74 Å². The number of aliphatic hydroxyl groups excluding tert-OH is 1. The molecule has 0 aromatic rings. The van der Waals surface area contributed by atoms with Crippen molar-refractivity contribution in [2.75, 3.05) is 39.5 Å². The second-order valence-corrected chi connectivity index (χ2v) is 5.67. The lowest BCUT2D eigenvalue weighted by molar-refractivity contribution is -0.114. The lowest BCUT2D eigenvalue weighted by Gasteiger charge is -2.41. The molecule has 0 spiro atoms. The molecule has 2 saturated heterocycles. The molecule has 0 bridgehead atoms. The van der Waals surface area contributed by atoms with Crippen LogP contribution in [0.5, 0.6) is 0 Å². The molecule has 0 aromatic carbocycles. The van der Waals surface area contributed by atoms with Crippen molar-refractivity contribution in [3.63, 3.8) is 0 Å². The van der Waals surface area contributed by atoms with Crippen LogP contribution in [0, 0.1) is 23.2 Å². The van der Waals surface area contributed by atoms with Crippen LogP contribution >= 0.6 is 0 Å². The summed E-state index contributed by atoms with van der Waals surface area (Å²) in [6.07, 6.45) is 0. The summed E-state index contributed by atoms with van der Waals surface area (Å²) in [5.74, 6) is 2.26. The summed E-state index contributed by atoms with van der Waals surface area (Å²) in [6.45, 7) is 8.20. The zero-order valence-corrected chi connectivity index (χ0v) is 8.78. The zero-order chi connectivity index (χ0) is 9.76. The van der Waals surface area contributed by atoms with E-state index in [1.165, 1.54) is 19.6 Å². The van der Waals surface area contributed by atoms with Gasteiger partial charge in [-0.3, -0.25) is 0 Å². The minimum atomic E-state index is 0.406. The van der Waals surface area contributed by atoms with E-state index in [4.69, 9.17) is 9.84 Å². The van der Waals surface area contributed by atoms with Gasteiger partial charge in [0.2, 0.25) is 0 Å². The van der Waals surface area contributed by atoms with Gasteiger partial charge >= 0.3 is 0 Å². The van der Waals surface area contributed by atoms with E-state index in [1.807, 2.05) is 0 Å². The Morgan fingerprint density at radius 3 is 2.43 bits per heavy atom. The van der Waals surface area contributed by atoms with Gasteiger partial charge in [-0.1, -0.05) is 6.92 Å². The molecule has 14 heavy (non-hydrogen) atoms. The van der Waals surface area contributed by atoms with Crippen molar-refractivity contribution in [1.82, 2.24) is 4.90 Å². The van der Waals surface area contributed by atoms with Gasteiger partial charge in [0.25, 0.3) is 0 Å². The first-order chi connectivity index (χ1) is 6.72. The molecule has 1 unspecified atom stereocenters. The Labute approximate surface area is 85.0 Å². The fourth-order valence-electron chi connectivity index (χ4n) is 3.22. The summed E-state index contributed by atoms with van der Waals surface area (Å²) in [5.41, 5.74) is 0.422. The maximum atomic E-state index is 9.05. The van der Waals surface area contributed by atoms with Gasteiger partial charge in [-0.2, -0.15) is 0 Å². The molecule has 0 aromatic heterocycles. The molecule has 2 aliphatic heterocycles. The maximum Gasteiger partial charge on any atom is 0.0554 e. The predicted octanol–water partition coefficient (Wildman–Crippen LogP) is 0.193. The van der Waals surface area contributed by atoms with Crippen molar-refractivity contribution in [3.8, 4) is 0 Å². The Bertz CT molecular complexity index is 227. The average molecular weight is 197 g/mol. The second kappa shape index (κ2) is 2.94. The third-order valence-electron chi connectivity index (χ3n) is 4.16. The Balaban J connectivity index is 1.50. The van der Waals surface area contributed by atoms with E-state index in [9.17, 15) is 0 Å². The van der Waals surface area contributed by atoms with Gasteiger partial charge in [0.05, 0.1) is 13.2 Å². The molecule has 1 aliphatic carbocycles. The van der Waals surface area contributed by atoms with Crippen LogP contribution in [0.15, 0.2) is 0 Å². The molecule has 80 valence electrons. The summed E-state index contributed by atoms with van der Waals surface area (Å²) < 4.78 is 5.26. The van der Waals surface area contributed by atoms with Crippen molar-refractivity contribution >= 4 is 0 Å². The van der Waals surface area contributed by atoms with Crippen LogP contribution < -0.4 is 0 Å². The van der Waals surface area contributed by atoms with Gasteiger partial charge in [-0.15, -0.1) is 0 Å². The SMILES string of the molecule is CC1(CN2C[C@@H]3C(CO)[C@@H]3C2)COC1. The molecule has 3 rings (SSSR count). The van der Waals surface area contributed by atoms with Crippen LogP contribution in [0.25, 0.3) is 0 Å². The van der Waals surface area contributed by atoms with Gasteiger partial charge in [0.1, 0.15) is 0 Å². The van der Waals surface area contributed by atoms with Gasteiger partial charge in [0.15, 0.2) is 0 Å². The van der Waals surface area contributed by atoms with E-state index in [2.05, 4.69) is 11.8 Å². The number of ether oxygens (including phenoxy) is 1. The number of fused-ring (bicyclic) bond motifs is 1. The van der Waals surface area contributed by atoms with Crippen LogP contribution in [0.3, 0.4) is 0 Å². The molecule has 3 nitrogen and oxygen atoms in total. The molecule has 2 heterocycles. The normalized spacial score (nSPS) is 44.6. The van der Waals surface area contributed by atoms with Crippen LogP contribution in [0.2, 0.25) is 0 Å². The Hall–Kier alpha value is -0.120. The van der Waals surface area contributed by atoms with Gasteiger partial charge in [-0.05, 0) is 17.8 Å². The maximum absolute atomic E-state index is 9.05. The standard InChI is InChI=1S/C11H19NO2/c1-11(6-14-7-11)5-12-2-8-9(3-12)10(8)4-13/h8-10,13H,2-7H2,1H3/t8-,9+,10?. The quantitative estimate of drug-likeness (QED) is 0.701. The first kappa shape index (κ1) is 9.13. The molecule has 0 radical (unpaired) electrons. The summed E-state index contributed by atoms with van der Waals surface area (Å²) >= 11 is 0. The Morgan fingerprint density at radius 2 is 2.00 bits per heavy atom. The van der Waals surface area contributed by atoms with Gasteiger partial charge < -0.3 is 14.7 Å². The highest BCUT2D eigenvalue weighted by Crippen LogP contribution is 2.51. The molecule has 3 atom stereocenters. The van der Waals surface area contributed by atoms with Crippen molar-refractivity contribution in [2.24, 2.45) is 23.2 Å². The van der Waals surface area contributed by atoms with E-state index in [-0.39, 0.29) is 0 Å². The number of aliphatic hydroxyl groups is 1. The first-order valence-electron chi connectivity index (χ1n) is 5.63. The van der Waals surface area contributed by atoms with E-state index >= 15 is 0 Å². The van der Waals surface area contributed by atoms with Crippen molar-refractivity contribution in [1.29, 1.82) is 0 Å². The molecule has 3 fully saturated rings.